The third kappa shape index (κ3) is 1.86. The molecule has 0 amide bonds. The van der Waals surface area contributed by atoms with E-state index in [-0.39, 0.29) is 0 Å². The number of alkyl halides is 3. The molecule has 1 unspecified atom stereocenters. The lowest BCUT2D eigenvalue weighted by Gasteiger charge is -2.42. The summed E-state index contributed by atoms with van der Waals surface area (Å²) >= 11 is 0. The molecule has 1 fully saturated rings. The second-order valence-electron chi connectivity index (χ2n) is 3.83. The van der Waals surface area contributed by atoms with Crippen LogP contribution in [0.4, 0.5) is 13.2 Å². The van der Waals surface area contributed by atoms with Crippen molar-refractivity contribution in [2.75, 3.05) is 0 Å². The summed E-state index contributed by atoms with van der Waals surface area (Å²) in [4.78, 5) is 10.6. The van der Waals surface area contributed by atoms with Gasteiger partial charge in [-0.3, -0.25) is 4.79 Å². The largest absolute Gasteiger partial charge is 0.450 e. The zero-order chi connectivity index (χ0) is 11.0. The highest BCUT2D eigenvalue weighted by Crippen LogP contribution is 2.47. The predicted octanol–water partition coefficient (Wildman–Crippen LogP) is 2.67. The SMILES string of the molecule is CC(=O)OC(C)(C1CCC1)C(F)(F)F. The number of carbonyl (C=O) groups excluding carboxylic acids is 1. The molecule has 82 valence electrons. The Kier molecular flexibility index (Phi) is 2.78. The summed E-state index contributed by atoms with van der Waals surface area (Å²) in [7, 11) is 0. The van der Waals surface area contributed by atoms with Crippen LogP contribution in [-0.2, 0) is 9.53 Å². The Morgan fingerprint density at radius 3 is 2.07 bits per heavy atom. The number of ether oxygens (including phenoxy) is 1. The van der Waals surface area contributed by atoms with E-state index in [0.29, 0.717) is 12.8 Å². The van der Waals surface area contributed by atoms with Crippen molar-refractivity contribution in [2.45, 2.75) is 44.9 Å². The molecule has 0 saturated heterocycles. The molecule has 0 spiro atoms. The minimum atomic E-state index is -4.48. The van der Waals surface area contributed by atoms with E-state index in [1.54, 1.807) is 0 Å². The second kappa shape index (κ2) is 3.44. The maximum absolute atomic E-state index is 12.7. The lowest BCUT2D eigenvalue weighted by molar-refractivity contribution is -0.287. The fraction of sp³-hybridized carbons (Fsp3) is 0.889. The average molecular weight is 210 g/mol. The van der Waals surface area contributed by atoms with Crippen LogP contribution in [0.25, 0.3) is 0 Å². The lowest BCUT2D eigenvalue weighted by Crippen LogP contribution is -2.54. The summed E-state index contributed by atoms with van der Waals surface area (Å²) in [6.07, 6.45) is -2.76. The van der Waals surface area contributed by atoms with Crippen LogP contribution in [0.1, 0.15) is 33.1 Å². The van der Waals surface area contributed by atoms with Gasteiger partial charge >= 0.3 is 12.1 Å². The highest BCUT2D eigenvalue weighted by Gasteiger charge is 2.60. The Morgan fingerprint density at radius 2 is 1.86 bits per heavy atom. The number of carbonyl (C=O) groups is 1. The van der Waals surface area contributed by atoms with Crippen LogP contribution in [0.3, 0.4) is 0 Å². The van der Waals surface area contributed by atoms with Crippen molar-refractivity contribution in [3.8, 4) is 0 Å². The van der Waals surface area contributed by atoms with Crippen LogP contribution in [-0.4, -0.2) is 17.7 Å². The van der Waals surface area contributed by atoms with Gasteiger partial charge < -0.3 is 4.74 Å². The molecule has 14 heavy (non-hydrogen) atoms. The zero-order valence-electron chi connectivity index (χ0n) is 8.15. The Balaban J connectivity index is 2.83. The molecule has 0 radical (unpaired) electrons. The number of halogens is 3. The monoisotopic (exact) mass is 210 g/mol. The van der Waals surface area contributed by atoms with Gasteiger partial charge in [0, 0.05) is 12.8 Å². The highest BCUT2D eigenvalue weighted by atomic mass is 19.4. The number of esters is 1. The first-order valence-corrected chi connectivity index (χ1v) is 4.53. The predicted molar refractivity (Wildman–Crippen MR) is 43.6 cm³/mol. The third-order valence-corrected chi connectivity index (χ3v) is 2.80. The maximum Gasteiger partial charge on any atom is 0.428 e. The summed E-state index contributed by atoms with van der Waals surface area (Å²) < 4.78 is 42.4. The van der Waals surface area contributed by atoms with Gasteiger partial charge in [-0.05, 0) is 19.8 Å². The van der Waals surface area contributed by atoms with Crippen LogP contribution in [0.2, 0.25) is 0 Å². The van der Waals surface area contributed by atoms with Gasteiger partial charge in [-0.25, -0.2) is 0 Å². The van der Waals surface area contributed by atoms with Crippen molar-refractivity contribution in [2.24, 2.45) is 5.92 Å². The first kappa shape index (κ1) is 11.3. The number of hydrogen-bond donors (Lipinski definition) is 0. The van der Waals surface area contributed by atoms with Crippen LogP contribution in [0.5, 0.6) is 0 Å². The molecule has 0 N–H and O–H groups in total. The van der Waals surface area contributed by atoms with E-state index in [1.807, 2.05) is 0 Å². The summed E-state index contributed by atoms with van der Waals surface area (Å²) in [6.45, 7) is 1.96. The minimum Gasteiger partial charge on any atom is -0.450 e. The quantitative estimate of drug-likeness (QED) is 0.655. The Morgan fingerprint density at radius 1 is 1.36 bits per heavy atom. The van der Waals surface area contributed by atoms with Crippen LogP contribution in [0, 0.1) is 5.92 Å². The summed E-state index contributed by atoms with van der Waals surface area (Å²) in [6, 6.07) is 0. The Bertz CT molecular complexity index is 233. The van der Waals surface area contributed by atoms with Gasteiger partial charge in [-0.2, -0.15) is 13.2 Å². The number of rotatable bonds is 2. The molecule has 2 nitrogen and oxygen atoms in total. The molecule has 1 saturated carbocycles. The van der Waals surface area contributed by atoms with Gasteiger partial charge in [0.2, 0.25) is 5.60 Å². The normalized spacial score (nSPS) is 22.4. The van der Waals surface area contributed by atoms with Crippen molar-refractivity contribution in [3.63, 3.8) is 0 Å². The van der Waals surface area contributed by atoms with E-state index in [0.717, 1.165) is 20.3 Å². The molecule has 1 atom stereocenters. The molecule has 1 aliphatic carbocycles. The van der Waals surface area contributed by atoms with Crippen LogP contribution >= 0.6 is 0 Å². The standard InChI is InChI=1S/C9H13F3O2/c1-6(13)14-8(2,9(10,11)12)7-4-3-5-7/h7H,3-5H2,1-2H3. The molecule has 1 aliphatic rings. The summed E-state index contributed by atoms with van der Waals surface area (Å²) in [5.74, 6) is -1.46. The molecule has 0 aliphatic heterocycles. The Labute approximate surface area is 80.4 Å². The van der Waals surface area contributed by atoms with Crippen molar-refractivity contribution in [3.05, 3.63) is 0 Å². The van der Waals surface area contributed by atoms with E-state index in [4.69, 9.17) is 0 Å². The summed E-state index contributed by atoms with van der Waals surface area (Å²) in [5.41, 5.74) is -2.29. The lowest BCUT2D eigenvalue weighted by atomic mass is 9.73. The topological polar surface area (TPSA) is 26.3 Å². The van der Waals surface area contributed by atoms with E-state index >= 15 is 0 Å². The summed E-state index contributed by atoms with van der Waals surface area (Å²) in [5, 5.41) is 0. The minimum absolute atomic E-state index is 0.475. The molecule has 0 heterocycles. The average Bonchev–Trinajstić information content (AvgIpc) is 1.76. The van der Waals surface area contributed by atoms with Crippen molar-refractivity contribution >= 4 is 5.97 Å². The molecule has 0 aromatic heterocycles. The Hall–Kier alpha value is -0.740. The number of hydrogen-bond acceptors (Lipinski definition) is 2. The fourth-order valence-electron chi connectivity index (χ4n) is 1.63. The zero-order valence-corrected chi connectivity index (χ0v) is 8.15. The van der Waals surface area contributed by atoms with Gasteiger partial charge in [0.1, 0.15) is 0 Å². The van der Waals surface area contributed by atoms with Crippen molar-refractivity contribution in [1.82, 2.24) is 0 Å². The fourth-order valence-corrected chi connectivity index (χ4v) is 1.63. The van der Waals surface area contributed by atoms with Crippen molar-refractivity contribution in [1.29, 1.82) is 0 Å². The molecular weight excluding hydrogens is 197 g/mol. The van der Waals surface area contributed by atoms with Gasteiger partial charge in [0.05, 0.1) is 0 Å². The third-order valence-electron chi connectivity index (χ3n) is 2.80. The van der Waals surface area contributed by atoms with Gasteiger partial charge in [0.25, 0.3) is 0 Å². The van der Waals surface area contributed by atoms with E-state index in [9.17, 15) is 18.0 Å². The van der Waals surface area contributed by atoms with Gasteiger partial charge in [-0.15, -0.1) is 0 Å². The van der Waals surface area contributed by atoms with Gasteiger partial charge in [-0.1, -0.05) is 6.42 Å². The van der Waals surface area contributed by atoms with E-state index < -0.39 is 23.7 Å². The van der Waals surface area contributed by atoms with Crippen LogP contribution < -0.4 is 0 Å². The molecule has 1 rings (SSSR count). The molecule has 0 bridgehead atoms. The molecule has 0 aromatic carbocycles. The highest BCUT2D eigenvalue weighted by molar-refractivity contribution is 5.66. The molecule has 5 heteroatoms. The van der Waals surface area contributed by atoms with E-state index in [2.05, 4.69) is 4.74 Å². The van der Waals surface area contributed by atoms with E-state index in [1.165, 1.54) is 0 Å². The maximum atomic E-state index is 12.7. The van der Waals surface area contributed by atoms with Crippen LogP contribution in [0.15, 0.2) is 0 Å². The molecular formula is C9H13F3O2. The smallest absolute Gasteiger partial charge is 0.428 e. The first-order chi connectivity index (χ1) is 6.27. The second-order valence-corrected chi connectivity index (χ2v) is 3.83. The molecule has 0 aromatic rings. The first-order valence-electron chi connectivity index (χ1n) is 4.53. The van der Waals surface area contributed by atoms with Crippen molar-refractivity contribution < 1.29 is 22.7 Å². The van der Waals surface area contributed by atoms with Gasteiger partial charge in [0.15, 0.2) is 0 Å².